The van der Waals surface area contributed by atoms with Crippen molar-refractivity contribution in [1.29, 1.82) is 0 Å². The van der Waals surface area contributed by atoms with Crippen molar-refractivity contribution < 1.29 is 23.8 Å². The molecule has 0 aromatic heterocycles. The quantitative estimate of drug-likeness (QED) is 0.921. The summed E-state index contributed by atoms with van der Waals surface area (Å²) in [4.78, 5) is 24.9. The van der Waals surface area contributed by atoms with E-state index in [-0.39, 0.29) is 34.4 Å². The van der Waals surface area contributed by atoms with E-state index in [4.69, 9.17) is 21.4 Å². The molecule has 5 nitrogen and oxygen atoms in total. The number of ether oxygens (including phenoxy) is 1. The highest BCUT2D eigenvalue weighted by atomic mass is 35.5. The number of aromatic carboxylic acids is 1. The van der Waals surface area contributed by atoms with Crippen LogP contribution in [0.3, 0.4) is 0 Å². The lowest BCUT2D eigenvalue weighted by Gasteiger charge is -2.33. The first-order valence-electron chi connectivity index (χ1n) is 7.16. The lowest BCUT2D eigenvalue weighted by molar-refractivity contribution is -0.125. The molecule has 7 heteroatoms. The topological polar surface area (TPSA) is 66.8 Å². The normalized spacial score (nSPS) is 16.5. The second-order valence-electron chi connectivity index (χ2n) is 5.37. The molecule has 124 valence electrons. The predicted octanol–water partition coefficient (Wildman–Crippen LogP) is 3.49. The van der Waals surface area contributed by atoms with Gasteiger partial charge in [0.05, 0.1) is 17.8 Å². The lowest BCUT2D eigenvalue weighted by Crippen LogP contribution is -2.44. The molecule has 0 radical (unpaired) electrons. The van der Waals surface area contributed by atoms with Gasteiger partial charge in [0.1, 0.15) is 11.6 Å². The van der Waals surface area contributed by atoms with Crippen molar-refractivity contribution in [2.45, 2.75) is 19.6 Å². The van der Waals surface area contributed by atoms with Crippen LogP contribution in [0.4, 0.5) is 10.1 Å². The molecular weight excluding hydrogens is 337 g/mol. The molecule has 2 aromatic rings. The summed E-state index contributed by atoms with van der Waals surface area (Å²) in [6.45, 7) is 1.48. The molecule has 1 amide bonds. The number of halogens is 2. The van der Waals surface area contributed by atoms with E-state index in [1.54, 1.807) is 13.0 Å². The van der Waals surface area contributed by atoms with Gasteiger partial charge in [0.15, 0.2) is 6.10 Å². The van der Waals surface area contributed by atoms with Crippen LogP contribution < -0.4 is 9.64 Å². The molecule has 0 fully saturated rings. The van der Waals surface area contributed by atoms with Crippen molar-refractivity contribution >= 4 is 29.2 Å². The third-order valence-electron chi connectivity index (χ3n) is 3.79. The molecular formula is C17H13ClFNO4. The Hall–Kier alpha value is -2.60. The van der Waals surface area contributed by atoms with Crippen LogP contribution in [0, 0.1) is 5.82 Å². The van der Waals surface area contributed by atoms with Gasteiger partial charge >= 0.3 is 5.97 Å². The molecule has 2 aromatic carbocycles. The zero-order valence-electron chi connectivity index (χ0n) is 12.6. The maximum absolute atomic E-state index is 14.0. The average molecular weight is 350 g/mol. The van der Waals surface area contributed by atoms with Gasteiger partial charge in [-0.25, -0.2) is 9.18 Å². The second kappa shape index (κ2) is 6.13. The minimum Gasteiger partial charge on any atom is -0.479 e. The van der Waals surface area contributed by atoms with E-state index in [0.29, 0.717) is 5.69 Å². The maximum atomic E-state index is 14.0. The average Bonchev–Trinajstić information content (AvgIpc) is 2.53. The summed E-state index contributed by atoms with van der Waals surface area (Å²) in [6.07, 6.45) is -0.813. The zero-order valence-corrected chi connectivity index (χ0v) is 13.4. The zero-order chi connectivity index (χ0) is 17.4. The Bertz CT molecular complexity index is 819. The minimum absolute atomic E-state index is 0.0409. The first-order valence-corrected chi connectivity index (χ1v) is 7.54. The van der Waals surface area contributed by atoms with Crippen LogP contribution in [0.25, 0.3) is 0 Å². The first-order chi connectivity index (χ1) is 11.4. The molecule has 1 aliphatic rings. The summed E-state index contributed by atoms with van der Waals surface area (Å²) in [7, 11) is 0. The van der Waals surface area contributed by atoms with E-state index in [1.807, 2.05) is 0 Å². The van der Waals surface area contributed by atoms with Gasteiger partial charge in [-0.15, -0.1) is 0 Å². The highest BCUT2D eigenvalue weighted by Crippen LogP contribution is 2.36. The number of carbonyl (C=O) groups is 2. The Labute approximate surface area is 142 Å². The van der Waals surface area contributed by atoms with E-state index < -0.39 is 17.9 Å². The standard InChI is InChI=1S/C17H13ClFNO4/c1-9-16(21)20(8-11-12(18)3-2-4-13(11)19)14-6-5-10(17(22)23)7-15(14)24-9/h2-7,9H,8H2,1H3,(H,22,23). The Morgan fingerprint density at radius 1 is 1.38 bits per heavy atom. The number of fused-ring (bicyclic) bond motifs is 1. The fraction of sp³-hybridized carbons (Fsp3) is 0.176. The first kappa shape index (κ1) is 16.3. The number of hydrogen-bond acceptors (Lipinski definition) is 3. The Morgan fingerprint density at radius 3 is 2.79 bits per heavy atom. The number of anilines is 1. The molecule has 0 aliphatic carbocycles. The molecule has 3 rings (SSSR count). The molecule has 0 spiro atoms. The van der Waals surface area contributed by atoms with Crippen LogP contribution in [0.2, 0.25) is 5.02 Å². The van der Waals surface area contributed by atoms with Crippen LogP contribution in [0.15, 0.2) is 36.4 Å². The van der Waals surface area contributed by atoms with E-state index in [1.165, 1.54) is 35.2 Å². The van der Waals surface area contributed by atoms with E-state index in [9.17, 15) is 14.0 Å². The van der Waals surface area contributed by atoms with E-state index >= 15 is 0 Å². The van der Waals surface area contributed by atoms with E-state index in [2.05, 4.69) is 0 Å². The lowest BCUT2D eigenvalue weighted by atomic mass is 10.1. The van der Waals surface area contributed by atoms with Gasteiger partial charge in [0.2, 0.25) is 0 Å². The predicted molar refractivity (Wildman–Crippen MR) is 86.1 cm³/mol. The van der Waals surface area contributed by atoms with Gasteiger partial charge in [-0.2, -0.15) is 0 Å². The van der Waals surface area contributed by atoms with Crippen LogP contribution in [-0.4, -0.2) is 23.1 Å². The van der Waals surface area contributed by atoms with Gasteiger partial charge in [0.25, 0.3) is 5.91 Å². The van der Waals surface area contributed by atoms with Crippen molar-refractivity contribution in [3.05, 3.63) is 58.4 Å². The molecule has 1 N–H and O–H groups in total. The van der Waals surface area contributed by atoms with Crippen LogP contribution in [-0.2, 0) is 11.3 Å². The van der Waals surface area contributed by atoms with Gasteiger partial charge < -0.3 is 14.7 Å². The number of carboxylic acid groups (broad SMARTS) is 1. The molecule has 1 unspecified atom stereocenters. The fourth-order valence-electron chi connectivity index (χ4n) is 2.55. The van der Waals surface area contributed by atoms with Gasteiger partial charge in [-0.1, -0.05) is 17.7 Å². The Kier molecular flexibility index (Phi) is 4.15. The maximum Gasteiger partial charge on any atom is 0.335 e. The number of hydrogen-bond donors (Lipinski definition) is 1. The number of rotatable bonds is 3. The number of carboxylic acids is 1. The number of carbonyl (C=O) groups excluding carboxylic acids is 1. The molecule has 0 bridgehead atoms. The Balaban J connectivity index is 2.05. The van der Waals surface area contributed by atoms with Gasteiger partial charge in [0, 0.05) is 10.6 Å². The summed E-state index contributed by atoms with van der Waals surface area (Å²) in [6, 6.07) is 8.47. The highest BCUT2D eigenvalue weighted by Gasteiger charge is 2.33. The summed E-state index contributed by atoms with van der Waals surface area (Å²) in [5.41, 5.74) is 0.608. The number of benzene rings is 2. The molecule has 1 heterocycles. The van der Waals surface area contributed by atoms with Crippen LogP contribution in [0.1, 0.15) is 22.8 Å². The monoisotopic (exact) mass is 349 g/mol. The molecule has 24 heavy (non-hydrogen) atoms. The Morgan fingerprint density at radius 2 is 2.12 bits per heavy atom. The summed E-state index contributed by atoms with van der Waals surface area (Å²) in [5.74, 6) is -1.72. The van der Waals surface area contributed by atoms with Gasteiger partial charge in [-0.3, -0.25) is 4.79 Å². The minimum atomic E-state index is -1.10. The SMILES string of the molecule is CC1Oc2cc(C(=O)O)ccc2N(Cc2c(F)cccc2Cl)C1=O. The van der Waals surface area contributed by atoms with Crippen LogP contribution >= 0.6 is 11.6 Å². The second-order valence-corrected chi connectivity index (χ2v) is 5.78. The van der Waals surface area contributed by atoms with Crippen molar-refractivity contribution in [2.75, 3.05) is 4.90 Å². The third kappa shape index (κ3) is 2.80. The van der Waals surface area contributed by atoms with Crippen molar-refractivity contribution in [3.8, 4) is 5.75 Å². The largest absolute Gasteiger partial charge is 0.479 e. The van der Waals surface area contributed by atoms with E-state index in [0.717, 1.165) is 0 Å². The molecule has 0 saturated carbocycles. The molecule has 1 aliphatic heterocycles. The third-order valence-corrected chi connectivity index (χ3v) is 4.15. The van der Waals surface area contributed by atoms with Crippen molar-refractivity contribution in [2.24, 2.45) is 0 Å². The van der Waals surface area contributed by atoms with Crippen LogP contribution in [0.5, 0.6) is 5.75 Å². The summed E-state index contributed by atoms with van der Waals surface area (Å²) >= 11 is 6.04. The van der Waals surface area contributed by atoms with Crippen molar-refractivity contribution in [1.82, 2.24) is 0 Å². The van der Waals surface area contributed by atoms with Gasteiger partial charge in [-0.05, 0) is 37.3 Å². The van der Waals surface area contributed by atoms with Crippen molar-refractivity contribution in [3.63, 3.8) is 0 Å². The molecule has 0 saturated heterocycles. The molecule has 1 atom stereocenters. The summed E-state index contributed by atoms with van der Waals surface area (Å²) < 4.78 is 19.5. The summed E-state index contributed by atoms with van der Waals surface area (Å²) in [5, 5.41) is 9.29. The fourth-order valence-corrected chi connectivity index (χ4v) is 2.77. The highest BCUT2D eigenvalue weighted by molar-refractivity contribution is 6.31. The number of amides is 1. The number of nitrogens with zero attached hydrogens (tertiary/aromatic N) is 1. The smallest absolute Gasteiger partial charge is 0.335 e.